The molecule has 17 heavy (non-hydrogen) atoms. The molecule has 2 atom stereocenters. The summed E-state index contributed by atoms with van der Waals surface area (Å²) in [6, 6.07) is 10.1. The number of rotatable bonds is 3. The van der Waals surface area contributed by atoms with E-state index >= 15 is 0 Å². The van der Waals surface area contributed by atoms with Gasteiger partial charge in [0.1, 0.15) is 0 Å². The molecule has 0 spiro atoms. The summed E-state index contributed by atoms with van der Waals surface area (Å²) in [7, 11) is 0. The number of aliphatic carboxylic acids is 1. The highest BCUT2D eigenvalue weighted by atomic mass is 16.5. The minimum Gasteiger partial charge on any atom is -0.479 e. The number of carboxylic acids is 1. The van der Waals surface area contributed by atoms with E-state index in [1.165, 1.54) is 5.56 Å². The van der Waals surface area contributed by atoms with Gasteiger partial charge in [0, 0.05) is 19.6 Å². The fourth-order valence-electron chi connectivity index (χ4n) is 2.15. The van der Waals surface area contributed by atoms with Crippen LogP contribution < -0.4 is 0 Å². The Kier molecular flexibility index (Phi) is 3.76. The molecule has 1 N–H and O–H groups in total. The van der Waals surface area contributed by atoms with Gasteiger partial charge in [-0.25, -0.2) is 4.79 Å². The molecule has 1 aromatic rings. The third-order valence-corrected chi connectivity index (χ3v) is 2.86. The summed E-state index contributed by atoms with van der Waals surface area (Å²) >= 11 is 0. The van der Waals surface area contributed by atoms with Gasteiger partial charge in [0.05, 0.1) is 6.10 Å². The Hall–Kier alpha value is -1.39. The zero-order valence-corrected chi connectivity index (χ0v) is 9.87. The molecule has 0 radical (unpaired) electrons. The van der Waals surface area contributed by atoms with E-state index < -0.39 is 12.1 Å². The standard InChI is InChI=1S/C13H17NO3/c1-10-7-14(9-12(17-10)13(15)16)8-11-5-3-2-4-6-11/h2-6,10,12H,7-9H2,1H3,(H,15,16)/t10?,12-/m1/s1. The van der Waals surface area contributed by atoms with E-state index in [1.54, 1.807) is 0 Å². The molecule has 92 valence electrons. The number of hydrogen-bond donors (Lipinski definition) is 1. The molecule has 1 aliphatic rings. The quantitative estimate of drug-likeness (QED) is 0.859. The van der Waals surface area contributed by atoms with E-state index in [-0.39, 0.29) is 6.10 Å². The van der Waals surface area contributed by atoms with E-state index in [2.05, 4.69) is 17.0 Å². The molecular formula is C13H17NO3. The molecule has 1 saturated heterocycles. The van der Waals surface area contributed by atoms with Crippen molar-refractivity contribution in [1.82, 2.24) is 4.90 Å². The Morgan fingerprint density at radius 2 is 2.12 bits per heavy atom. The summed E-state index contributed by atoms with van der Waals surface area (Å²) in [6.45, 7) is 3.92. The van der Waals surface area contributed by atoms with Gasteiger partial charge in [0.2, 0.25) is 0 Å². The first-order valence-electron chi connectivity index (χ1n) is 5.79. The molecule has 1 aliphatic heterocycles. The molecule has 2 rings (SSSR count). The van der Waals surface area contributed by atoms with Crippen LogP contribution in [0.1, 0.15) is 12.5 Å². The molecule has 0 aliphatic carbocycles. The van der Waals surface area contributed by atoms with Gasteiger partial charge in [0.25, 0.3) is 0 Å². The van der Waals surface area contributed by atoms with Crippen molar-refractivity contribution in [3.63, 3.8) is 0 Å². The number of nitrogens with zero attached hydrogens (tertiary/aromatic N) is 1. The highest BCUT2D eigenvalue weighted by molar-refractivity contribution is 5.72. The molecule has 1 unspecified atom stereocenters. The maximum absolute atomic E-state index is 10.9. The molecule has 0 aromatic heterocycles. The van der Waals surface area contributed by atoms with Crippen LogP contribution in [0.15, 0.2) is 30.3 Å². The van der Waals surface area contributed by atoms with Gasteiger partial charge >= 0.3 is 5.97 Å². The zero-order valence-electron chi connectivity index (χ0n) is 9.87. The molecular weight excluding hydrogens is 218 g/mol. The van der Waals surface area contributed by atoms with E-state index in [0.29, 0.717) is 6.54 Å². The molecule has 4 nitrogen and oxygen atoms in total. The topological polar surface area (TPSA) is 49.8 Å². The fourth-order valence-corrected chi connectivity index (χ4v) is 2.15. The summed E-state index contributed by atoms with van der Waals surface area (Å²) < 4.78 is 5.37. The van der Waals surface area contributed by atoms with E-state index in [9.17, 15) is 4.79 Å². The van der Waals surface area contributed by atoms with E-state index in [1.807, 2.05) is 25.1 Å². The number of carbonyl (C=O) groups is 1. The van der Waals surface area contributed by atoms with Gasteiger partial charge in [0.15, 0.2) is 6.10 Å². The van der Waals surface area contributed by atoms with Crippen molar-refractivity contribution in [2.45, 2.75) is 25.7 Å². The second-order valence-electron chi connectivity index (χ2n) is 4.45. The Balaban J connectivity index is 1.99. The lowest BCUT2D eigenvalue weighted by molar-refractivity contribution is -0.163. The first-order chi connectivity index (χ1) is 8.15. The number of morpholine rings is 1. The number of hydrogen-bond acceptors (Lipinski definition) is 3. The third kappa shape index (κ3) is 3.28. The SMILES string of the molecule is CC1CN(Cc2ccccc2)C[C@H](C(=O)O)O1. The normalized spacial score (nSPS) is 25.7. The van der Waals surface area contributed by atoms with Crippen LogP contribution in [0.3, 0.4) is 0 Å². The highest BCUT2D eigenvalue weighted by Crippen LogP contribution is 2.14. The van der Waals surface area contributed by atoms with Crippen LogP contribution in [0.25, 0.3) is 0 Å². The van der Waals surface area contributed by atoms with Gasteiger partial charge in [-0.05, 0) is 12.5 Å². The third-order valence-electron chi connectivity index (χ3n) is 2.86. The van der Waals surface area contributed by atoms with Crippen molar-refractivity contribution >= 4 is 5.97 Å². The van der Waals surface area contributed by atoms with Crippen molar-refractivity contribution in [2.24, 2.45) is 0 Å². The zero-order chi connectivity index (χ0) is 12.3. The van der Waals surface area contributed by atoms with Crippen LogP contribution in [0.5, 0.6) is 0 Å². The Labute approximate surface area is 101 Å². The number of benzene rings is 1. The summed E-state index contributed by atoms with van der Waals surface area (Å²) in [6.07, 6.45) is -0.740. The van der Waals surface area contributed by atoms with Crippen molar-refractivity contribution in [3.05, 3.63) is 35.9 Å². The van der Waals surface area contributed by atoms with Crippen LogP contribution in [0, 0.1) is 0 Å². The smallest absolute Gasteiger partial charge is 0.334 e. The van der Waals surface area contributed by atoms with Gasteiger partial charge < -0.3 is 9.84 Å². The maximum atomic E-state index is 10.9. The average Bonchev–Trinajstić information content (AvgIpc) is 2.29. The summed E-state index contributed by atoms with van der Waals surface area (Å²) in [5.41, 5.74) is 1.20. The second kappa shape index (κ2) is 5.29. The van der Waals surface area contributed by atoms with Gasteiger partial charge in [-0.3, -0.25) is 4.90 Å². The van der Waals surface area contributed by atoms with Crippen molar-refractivity contribution < 1.29 is 14.6 Å². The molecule has 1 heterocycles. The van der Waals surface area contributed by atoms with Crippen LogP contribution >= 0.6 is 0 Å². The summed E-state index contributed by atoms with van der Waals surface area (Å²) in [5, 5.41) is 8.99. The van der Waals surface area contributed by atoms with Crippen LogP contribution in [0.2, 0.25) is 0 Å². The van der Waals surface area contributed by atoms with Crippen molar-refractivity contribution in [3.8, 4) is 0 Å². The van der Waals surface area contributed by atoms with Gasteiger partial charge in [-0.2, -0.15) is 0 Å². The monoisotopic (exact) mass is 235 g/mol. The van der Waals surface area contributed by atoms with Crippen LogP contribution in [-0.2, 0) is 16.1 Å². The van der Waals surface area contributed by atoms with Gasteiger partial charge in [-0.1, -0.05) is 30.3 Å². The van der Waals surface area contributed by atoms with Crippen molar-refractivity contribution in [1.29, 1.82) is 0 Å². The summed E-state index contributed by atoms with van der Waals surface area (Å²) in [5.74, 6) is -0.880. The van der Waals surface area contributed by atoms with Crippen LogP contribution in [0.4, 0.5) is 0 Å². The molecule has 0 saturated carbocycles. The Bertz CT molecular complexity index is 380. The predicted octanol–water partition coefficient (Wildman–Crippen LogP) is 1.36. The number of ether oxygens (including phenoxy) is 1. The minimum absolute atomic E-state index is 0.0337. The maximum Gasteiger partial charge on any atom is 0.334 e. The van der Waals surface area contributed by atoms with Crippen LogP contribution in [-0.4, -0.2) is 41.3 Å². The van der Waals surface area contributed by atoms with Gasteiger partial charge in [-0.15, -0.1) is 0 Å². The molecule has 0 bridgehead atoms. The van der Waals surface area contributed by atoms with Crippen molar-refractivity contribution in [2.75, 3.05) is 13.1 Å². The lowest BCUT2D eigenvalue weighted by atomic mass is 10.1. The molecule has 1 aromatic carbocycles. The minimum atomic E-state index is -0.880. The largest absolute Gasteiger partial charge is 0.479 e. The fraction of sp³-hybridized carbons (Fsp3) is 0.462. The summed E-state index contributed by atoms with van der Waals surface area (Å²) in [4.78, 5) is 13.1. The second-order valence-corrected chi connectivity index (χ2v) is 4.45. The highest BCUT2D eigenvalue weighted by Gasteiger charge is 2.29. The average molecular weight is 235 g/mol. The molecule has 4 heteroatoms. The predicted molar refractivity (Wildman–Crippen MR) is 63.7 cm³/mol. The lowest BCUT2D eigenvalue weighted by Gasteiger charge is -2.34. The first-order valence-corrected chi connectivity index (χ1v) is 5.79. The Morgan fingerprint density at radius 1 is 1.41 bits per heavy atom. The number of carboxylic acid groups (broad SMARTS) is 1. The molecule has 1 fully saturated rings. The van der Waals surface area contributed by atoms with E-state index in [4.69, 9.17) is 9.84 Å². The lowest BCUT2D eigenvalue weighted by Crippen LogP contribution is -2.49. The first kappa shape index (κ1) is 12.1. The van der Waals surface area contributed by atoms with E-state index in [0.717, 1.165) is 13.1 Å². The Morgan fingerprint density at radius 3 is 2.76 bits per heavy atom. The molecule has 0 amide bonds.